The van der Waals surface area contributed by atoms with Gasteiger partial charge in [0.15, 0.2) is 0 Å². The molecule has 1 aromatic carbocycles. The SMILES string of the molecule is Cc1cc(C2(N=C=O)CCCC2)ccc1OC(C)C. The normalized spacial score (nSPS) is 17.3. The molecule has 0 bridgehead atoms. The summed E-state index contributed by atoms with van der Waals surface area (Å²) in [4.78, 5) is 14.8. The highest BCUT2D eigenvalue weighted by Crippen LogP contribution is 2.43. The quantitative estimate of drug-likeness (QED) is 0.608. The van der Waals surface area contributed by atoms with E-state index >= 15 is 0 Å². The molecule has 2 rings (SSSR count). The maximum Gasteiger partial charge on any atom is 0.235 e. The van der Waals surface area contributed by atoms with E-state index in [1.54, 1.807) is 6.08 Å². The predicted molar refractivity (Wildman–Crippen MR) is 75.2 cm³/mol. The molecule has 0 atom stereocenters. The fourth-order valence-electron chi connectivity index (χ4n) is 2.84. The van der Waals surface area contributed by atoms with Gasteiger partial charge in [0, 0.05) is 0 Å². The third kappa shape index (κ3) is 2.87. The van der Waals surface area contributed by atoms with Crippen LogP contribution in [0.4, 0.5) is 0 Å². The monoisotopic (exact) mass is 259 g/mol. The number of isocyanates is 1. The molecule has 0 amide bonds. The lowest BCUT2D eigenvalue weighted by Gasteiger charge is -2.24. The summed E-state index contributed by atoms with van der Waals surface area (Å²) in [6.07, 6.45) is 6.04. The number of rotatable bonds is 4. The van der Waals surface area contributed by atoms with Crippen molar-refractivity contribution in [3.05, 3.63) is 29.3 Å². The minimum atomic E-state index is -0.344. The molecule has 1 aliphatic carbocycles. The number of hydrogen-bond acceptors (Lipinski definition) is 3. The minimum Gasteiger partial charge on any atom is -0.491 e. The van der Waals surface area contributed by atoms with Crippen molar-refractivity contribution in [2.24, 2.45) is 4.99 Å². The van der Waals surface area contributed by atoms with Gasteiger partial charge in [-0.25, -0.2) is 4.79 Å². The Balaban J connectivity index is 2.35. The summed E-state index contributed by atoms with van der Waals surface area (Å²) >= 11 is 0. The van der Waals surface area contributed by atoms with Crippen LogP contribution in [0.25, 0.3) is 0 Å². The number of benzene rings is 1. The third-order valence-corrected chi connectivity index (χ3v) is 3.77. The summed E-state index contributed by atoms with van der Waals surface area (Å²) in [6.45, 7) is 6.07. The zero-order valence-electron chi connectivity index (χ0n) is 11.9. The first-order valence-electron chi connectivity index (χ1n) is 6.94. The zero-order chi connectivity index (χ0) is 13.9. The number of ether oxygens (including phenoxy) is 1. The molecule has 0 radical (unpaired) electrons. The Morgan fingerprint density at radius 2 is 2.00 bits per heavy atom. The van der Waals surface area contributed by atoms with Crippen LogP contribution < -0.4 is 4.74 Å². The van der Waals surface area contributed by atoms with Gasteiger partial charge in [-0.2, -0.15) is 4.99 Å². The van der Waals surface area contributed by atoms with Crippen LogP contribution in [-0.4, -0.2) is 12.2 Å². The van der Waals surface area contributed by atoms with E-state index in [0.717, 1.165) is 42.6 Å². The first-order chi connectivity index (χ1) is 9.07. The van der Waals surface area contributed by atoms with Gasteiger partial charge < -0.3 is 4.74 Å². The molecule has 0 N–H and O–H groups in total. The summed E-state index contributed by atoms with van der Waals surface area (Å²) in [7, 11) is 0. The second kappa shape index (κ2) is 5.58. The van der Waals surface area contributed by atoms with Crippen molar-refractivity contribution in [2.75, 3.05) is 0 Å². The van der Waals surface area contributed by atoms with E-state index in [-0.39, 0.29) is 11.6 Å². The number of hydrogen-bond donors (Lipinski definition) is 0. The lowest BCUT2D eigenvalue weighted by atomic mass is 9.88. The molecule has 0 saturated heterocycles. The summed E-state index contributed by atoms with van der Waals surface area (Å²) in [5.41, 5.74) is 1.86. The molecule has 3 heteroatoms. The van der Waals surface area contributed by atoms with E-state index in [9.17, 15) is 4.79 Å². The van der Waals surface area contributed by atoms with E-state index in [2.05, 4.69) is 11.1 Å². The Bertz CT molecular complexity index is 495. The van der Waals surface area contributed by atoms with Crippen LogP contribution in [0.2, 0.25) is 0 Å². The Hall–Kier alpha value is -1.60. The molecule has 102 valence electrons. The number of aryl methyl sites for hydroxylation is 1. The predicted octanol–water partition coefficient (Wildman–Crippen LogP) is 3.89. The fraction of sp³-hybridized carbons (Fsp3) is 0.562. The highest BCUT2D eigenvalue weighted by Gasteiger charge is 2.35. The van der Waals surface area contributed by atoms with Crippen LogP contribution in [0.1, 0.15) is 50.7 Å². The molecule has 19 heavy (non-hydrogen) atoms. The minimum absolute atomic E-state index is 0.165. The van der Waals surface area contributed by atoms with Gasteiger partial charge in [0.2, 0.25) is 6.08 Å². The van der Waals surface area contributed by atoms with Gasteiger partial charge in [-0.15, -0.1) is 0 Å². The molecule has 0 aliphatic heterocycles. The lowest BCUT2D eigenvalue weighted by molar-refractivity contribution is 0.240. The molecule has 0 heterocycles. The highest BCUT2D eigenvalue weighted by atomic mass is 16.5. The van der Waals surface area contributed by atoms with E-state index in [4.69, 9.17) is 4.74 Å². The molecule has 1 saturated carbocycles. The summed E-state index contributed by atoms with van der Waals surface area (Å²) in [6, 6.07) is 6.13. The zero-order valence-corrected chi connectivity index (χ0v) is 11.9. The van der Waals surface area contributed by atoms with Crippen LogP contribution in [0, 0.1) is 6.92 Å². The molecule has 1 aromatic rings. The Labute approximate surface area is 114 Å². The van der Waals surface area contributed by atoms with E-state index in [1.807, 2.05) is 32.9 Å². The van der Waals surface area contributed by atoms with Crippen molar-refractivity contribution in [3.63, 3.8) is 0 Å². The number of aliphatic imine (C=N–C) groups is 1. The standard InChI is InChI=1S/C16H21NO2/c1-12(2)19-15-7-6-14(10-13(15)3)16(17-11-18)8-4-5-9-16/h6-7,10,12H,4-5,8-9H2,1-3H3. The largest absolute Gasteiger partial charge is 0.491 e. The summed E-state index contributed by atoms with van der Waals surface area (Å²) in [5.74, 6) is 0.905. The molecule has 0 unspecified atom stereocenters. The van der Waals surface area contributed by atoms with Gasteiger partial charge in [0.25, 0.3) is 0 Å². The first kappa shape index (κ1) is 13.8. The van der Waals surface area contributed by atoms with Crippen LogP contribution in [0.15, 0.2) is 23.2 Å². The highest BCUT2D eigenvalue weighted by molar-refractivity contribution is 5.43. The molecule has 1 aliphatic rings. The van der Waals surface area contributed by atoms with Gasteiger partial charge >= 0.3 is 0 Å². The molecule has 1 fully saturated rings. The maximum absolute atomic E-state index is 10.7. The Kier molecular flexibility index (Phi) is 4.06. The molecular weight excluding hydrogens is 238 g/mol. The van der Waals surface area contributed by atoms with E-state index in [0.29, 0.717) is 0 Å². The van der Waals surface area contributed by atoms with Crippen molar-refractivity contribution < 1.29 is 9.53 Å². The van der Waals surface area contributed by atoms with E-state index in [1.165, 1.54) is 0 Å². The fourth-order valence-corrected chi connectivity index (χ4v) is 2.84. The molecular formula is C16H21NO2. The van der Waals surface area contributed by atoms with Crippen LogP contribution >= 0.6 is 0 Å². The van der Waals surface area contributed by atoms with Crippen molar-refractivity contribution in [1.29, 1.82) is 0 Å². The van der Waals surface area contributed by atoms with Crippen LogP contribution in [-0.2, 0) is 10.3 Å². The van der Waals surface area contributed by atoms with Gasteiger partial charge in [0.05, 0.1) is 11.6 Å². The first-order valence-corrected chi connectivity index (χ1v) is 6.94. The topological polar surface area (TPSA) is 38.7 Å². The van der Waals surface area contributed by atoms with Gasteiger partial charge in [-0.3, -0.25) is 0 Å². The summed E-state index contributed by atoms with van der Waals surface area (Å²) in [5, 5.41) is 0. The second-order valence-electron chi connectivity index (χ2n) is 5.59. The second-order valence-corrected chi connectivity index (χ2v) is 5.59. The average molecular weight is 259 g/mol. The Morgan fingerprint density at radius 3 is 2.53 bits per heavy atom. The van der Waals surface area contributed by atoms with Gasteiger partial charge in [-0.05, 0) is 56.9 Å². The molecule has 0 aromatic heterocycles. The van der Waals surface area contributed by atoms with Crippen LogP contribution in [0.5, 0.6) is 5.75 Å². The van der Waals surface area contributed by atoms with Crippen molar-refractivity contribution >= 4 is 6.08 Å². The summed E-state index contributed by atoms with van der Waals surface area (Å²) < 4.78 is 5.75. The number of nitrogens with zero attached hydrogens (tertiary/aromatic N) is 1. The molecule has 0 spiro atoms. The average Bonchev–Trinajstić information content (AvgIpc) is 2.81. The van der Waals surface area contributed by atoms with Gasteiger partial charge in [0.1, 0.15) is 5.75 Å². The van der Waals surface area contributed by atoms with Crippen molar-refractivity contribution in [2.45, 2.75) is 58.1 Å². The van der Waals surface area contributed by atoms with E-state index < -0.39 is 0 Å². The lowest BCUT2D eigenvalue weighted by Crippen LogP contribution is -2.19. The number of carbonyl (C=O) groups excluding carboxylic acids is 1. The van der Waals surface area contributed by atoms with Crippen LogP contribution in [0.3, 0.4) is 0 Å². The third-order valence-electron chi connectivity index (χ3n) is 3.77. The Morgan fingerprint density at radius 1 is 1.32 bits per heavy atom. The van der Waals surface area contributed by atoms with Gasteiger partial charge in [-0.1, -0.05) is 18.9 Å². The molecule has 3 nitrogen and oxygen atoms in total. The van der Waals surface area contributed by atoms with Crippen molar-refractivity contribution in [3.8, 4) is 5.75 Å². The maximum atomic E-state index is 10.7. The smallest absolute Gasteiger partial charge is 0.235 e. The van der Waals surface area contributed by atoms with Crippen molar-refractivity contribution in [1.82, 2.24) is 0 Å².